The van der Waals surface area contributed by atoms with E-state index in [0.29, 0.717) is 0 Å². The molecule has 0 aromatic rings. The van der Waals surface area contributed by atoms with Crippen LogP contribution < -0.4 is 5.32 Å². The molecule has 0 saturated carbocycles. The smallest absolute Gasteiger partial charge is 0.0110 e. The third-order valence-electron chi connectivity index (χ3n) is 3.92. The van der Waals surface area contributed by atoms with E-state index in [1.807, 2.05) is 0 Å². The fraction of sp³-hybridized carbons (Fsp3) is 1.00. The minimum Gasteiger partial charge on any atom is -0.313 e. The summed E-state index contributed by atoms with van der Waals surface area (Å²) in [6.07, 6.45) is 8.10. The Hall–Kier alpha value is -0.0800. The molecular formula is C14H30N2. The van der Waals surface area contributed by atoms with Crippen molar-refractivity contribution >= 4 is 0 Å². The highest BCUT2D eigenvalue weighted by atomic mass is 15.2. The summed E-state index contributed by atoms with van der Waals surface area (Å²) >= 11 is 0. The van der Waals surface area contributed by atoms with E-state index in [9.17, 15) is 0 Å². The number of nitrogens with zero attached hydrogens (tertiary/aromatic N) is 1. The van der Waals surface area contributed by atoms with Gasteiger partial charge in [-0.05, 0) is 39.2 Å². The Morgan fingerprint density at radius 1 is 1.38 bits per heavy atom. The second-order valence-electron chi connectivity index (χ2n) is 5.23. The van der Waals surface area contributed by atoms with Crippen LogP contribution in [0.25, 0.3) is 0 Å². The minimum atomic E-state index is 0.748. The highest BCUT2D eigenvalue weighted by Crippen LogP contribution is 2.15. The average Bonchev–Trinajstić information content (AvgIpc) is 2.69. The first kappa shape index (κ1) is 14.0. The molecule has 1 N–H and O–H groups in total. The highest BCUT2D eigenvalue weighted by Gasteiger charge is 2.19. The van der Waals surface area contributed by atoms with Gasteiger partial charge in [-0.2, -0.15) is 0 Å². The zero-order chi connectivity index (χ0) is 11.8. The molecule has 1 fully saturated rings. The number of hydrogen-bond acceptors (Lipinski definition) is 2. The van der Waals surface area contributed by atoms with Gasteiger partial charge < -0.3 is 5.32 Å². The molecule has 1 saturated heterocycles. The largest absolute Gasteiger partial charge is 0.313 e. The summed E-state index contributed by atoms with van der Waals surface area (Å²) in [4.78, 5) is 2.62. The Bertz CT molecular complexity index is 170. The van der Waals surface area contributed by atoms with Gasteiger partial charge in [0.25, 0.3) is 0 Å². The molecule has 1 aliphatic rings. The van der Waals surface area contributed by atoms with Crippen molar-refractivity contribution in [1.82, 2.24) is 10.2 Å². The average molecular weight is 226 g/mol. The van der Waals surface area contributed by atoms with Crippen molar-refractivity contribution in [3.05, 3.63) is 0 Å². The molecule has 2 nitrogen and oxygen atoms in total. The molecule has 0 aromatic carbocycles. The molecule has 1 aliphatic heterocycles. The lowest BCUT2D eigenvalue weighted by Crippen LogP contribution is -2.38. The van der Waals surface area contributed by atoms with Crippen molar-refractivity contribution in [1.29, 1.82) is 0 Å². The summed E-state index contributed by atoms with van der Waals surface area (Å²) in [5, 5.41) is 3.71. The van der Waals surface area contributed by atoms with E-state index in [1.165, 1.54) is 58.2 Å². The van der Waals surface area contributed by atoms with Crippen LogP contribution in [0.15, 0.2) is 0 Å². The van der Waals surface area contributed by atoms with Crippen LogP contribution in [-0.2, 0) is 0 Å². The van der Waals surface area contributed by atoms with Gasteiger partial charge in [-0.1, -0.05) is 26.7 Å². The highest BCUT2D eigenvalue weighted by molar-refractivity contribution is 4.76. The molecule has 16 heavy (non-hydrogen) atoms. The van der Waals surface area contributed by atoms with Gasteiger partial charge >= 0.3 is 0 Å². The van der Waals surface area contributed by atoms with E-state index in [4.69, 9.17) is 0 Å². The first-order valence-corrected chi connectivity index (χ1v) is 7.25. The zero-order valence-electron chi connectivity index (χ0n) is 11.5. The van der Waals surface area contributed by atoms with Gasteiger partial charge in [0.15, 0.2) is 0 Å². The van der Waals surface area contributed by atoms with Crippen LogP contribution in [0.4, 0.5) is 0 Å². The molecule has 1 heterocycles. The molecular weight excluding hydrogens is 196 g/mol. The Kier molecular flexibility index (Phi) is 7.06. The predicted octanol–water partition coefficient (Wildman–Crippen LogP) is 3.03. The normalized spacial score (nSPS) is 23.8. The van der Waals surface area contributed by atoms with Gasteiger partial charge in [-0.25, -0.2) is 0 Å². The second kappa shape index (κ2) is 8.08. The molecule has 0 bridgehead atoms. The van der Waals surface area contributed by atoms with Crippen LogP contribution in [0.3, 0.4) is 0 Å². The lowest BCUT2D eigenvalue weighted by molar-refractivity contribution is 0.261. The van der Waals surface area contributed by atoms with Crippen molar-refractivity contribution < 1.29 is 0 Å². The first-order valence-electron chi connectivity index (χ1n) is 7.25. The van der Waals surface area contributed by atoms with Crippen molar-refractivity contribution in [2.75, 3.05) is 19.6 Å². The monoisotopic (exact) mass is 226 g/mol. The van der Waals surface area contributed by atoms with Crippen LogP contribution >= 0.6 is 0 Å². The number of hydrogen-bond donors (Lipinski definition) is 1. The van der Waals surface area contributed by atoms with Crippen LogP contribution in [0.1, 0.15) is 59.3 Å². The number of rotatable bonds is 8. The lowest BCUT2D eigenvalue weighted by atomic mass is 10.1. The zero-order valence-corrected chi connectivity index (χ0v) is 11.5. The summed E-state index contributed by atoms with van der Waals surface area (Å²) in [6.45, 7) is 10.7. The topological polar surface area (TPSA) is 15.3 Å². The van der Waals surface area contributed by atoms with Crippen LogP contribution in [0, 0.1) is 0 Å². The fourth-order valence-corrected chi connectivity index (χ4v) is 2.64. The summed E-state index contributed by atoms with van der Waals surface area (Å²) < 4.78 is 0. The van der Waals surface area contributed by atoms with Crippen LogP contribution in [-0.4, -0.2) is 36.6 Å². The van der Waals surface area contributed by atoms with Gasteiger partial charge in [0.05, 0.1) is 0 Å². The van der Waals surface area contributed by atoms with Gasteiger partial charge in [0.2, 0.25) is 0 Å². The summed E-state index contributed by atoms with van der Waals surface area (Å²) in [5.41, 5.74) is 0. The molecule has 2 heteroatoms. The van der Waals surface area contributed by atoms with Gasteiger partial charge in [0, 0.05) is 25.2 Å². The third-order valence-corrected chi connectivity index (χ3v) is 3.92. The minimum absolute atomic E-state index is 0.748. The Morgan fingerprint density at radius 2 is 2.19 bits per heavy atom. The third kappa shape index (κ3) is 4.84. The van der Waals surface area contributed by atoms with Crippen molar-refractivity contribution in [2.24, 2.45) is 0 Å². The molecule has 96 valence electrons. The van der Waals surface area contributed by atoms with E-state index in [2.05, 4.69) is 31.0 Å². The Labute approximate surface area is 102 Å². The number of unbranched alkanes of at least 4 members (excludes halogenated alkanes) is 1. The van der Waals surface area contributed by atoms with E-state index in [1.54, 1.807) is 0 Å². The second-order valence-corrected chi connectivity index (χ2v) is 5.23. The van der Waals surface area contributed by atoms with Crippen molar-refractivity contribution in [2.45, 2.75) is 71.4 Å². The van der Waals surface area contributed by atoms with Gasteiger partial charge in [-0.15, -0.1) is 0 Å². The molecule has 0 spiro atoms. The molecule has 0 radical (unpaired) electrons. The van der Waals surface area contributed by atoms with Crippen molar-refractivity contribution in [3.63, 3.8) is 0 Å². The first-order chi connectivity index (χ1) is 7.77. The Balaban J connectivity index is 2.08. The molecule has 0 amide bonds. The van der Waals surface area contributed by atoms with Crippen LogP contribution in [0.5, 0.6) is 0 Å². The Morgan fingerprint density at radius 3 is 2.75 bits per heavy atom. The quantitative estimate of drug-likeness (QED) is 0.684. The molecule has 0 aliphatic carbocycles. The maximum absolute atomic E-state index is 3.71. The van der Waals surface area contributed by atoms with E-state index < -0.39 is 0 Å². The lowest BCUT2D eigenvalue weighted by Gasteiger charge is -2.23. The predicted molar refractivity (Wildman–Crippen MR) is 71.9 cm³/mol. The van der Waals surface area contributed by atoms with E-state index >= 15 is 0 Å². The fourth-order valence-electron chi connectivity index (χ4n) is 2.64. The number of nitrogens with one attached hydrogen (secondary N) is 1. The molecule has 0 aromatic heterocycles. The van der Waals surface area contributed by atoms with E-state index in [-0.39, 0.29) is 0 Å². The molecule has 1 rings (SSSR count). The SMILES string of the molecule is CCCCC(CC)NCCN1CCCC1C. The van der Waals surface area contributed by atoms with Crippen molar-refractivity contribution in [3.8, 4) is 0 Å². The molecule has 2 unspecified atom stereocenters. The maximum Gasteiger partial charge on any atom is 0.0110 e. The summed E-state index contributed by atoms with van der Waals surface area (Å²) in [6, 6.07) is 1.57. The maximum atomic E-state index is 3.71. The standard InChI is InChI=1S/C14H30N2/c1-4-6-9-14(5-2)15-10-12-16-11-7-8-13(16)3/h13-15H,4-12H2,1-3H3. The molecule has 2 atom stereocenters. The van der Waals surface area contributed by atoms with Crippen LogP contribution in [0.2, 0.25) is 0 Å². The van der Waals surface area contributed by atoms with Gasteiger partial charge in [-0.3, -0.25) is 4.90 Å². The van der Waals surface area contributed by atoms with Gasteiger partial charge in [0.1, 0.15) is 0 Å². The van der Waals surface area contributed by atoms with E-state index in [0.717, 1.165) is 12.1 Å². The summed E-state index contributed by atoms with van der Waals surface area (Å²) in [7, 11) is 0. The summed E-state index contributed by atoms with van der Waals surface area (Å²) in [5.74, 6) is 0. The number of likely N-dealkylation sites (tertiary alicyclic amines) is 1.